The maximum Gasteiger partial charge on any atom is 0.202 e. The van der Waals surface area contributed by atoms with Gasteiger partial charge in [-0.3, -0.25) is 0 Å². The Kier molecular flexibility index (Phi) is 3.88. The predicted octanol–water partition coefficient (Wildman–Crippen LogP) is 4.92. The second-order valence-electron chi connectivity index (χ2n) is 6.61. The quantitative estimate of drug-likeness (QED) is 0.624. The summed E-state index contributed by atoms with van der Waals surface area (Å²) in [5.74, 6) is 1.97. The third-order valence-corrected chi connectivity index (χ3v) is 5.99. The molecule has 5 heteroatoms. The third-order valence-electron chi connectivity index (χ3n) is 4.95. The minimum Gasteiger partial charge on any atom is -0.466 e. The lowest BCUT2D eigenvalue weighted by Gasteiger charge is -2.47. The molecule has 0 saturated carbocycles. The van der Waals surface area contributed by atoms with Crippen molar-refractivity contribution in [3.05, 3.63) is 65.2 Å². The lowest BCUT2D eigenvalue weighted by molar-refractivity contribution is 0.0233. The molecule has 0 radical (unpaired) electrons. The molecule has 0 unspecified atom stereocenters. The molecule has 124 valence electrons. The van der Waals surface area contributed by atoms with E-state index in [0.29, 0.717) is 6.04 Å². The highest BCUT2D eigenvalue weighted by molar-refractivity contribution is 8.93. The van der Waals surface area contributed by atoms with Crippen molar-refractivity contribution >= 4 is 33.9 Å². The van der Waals surface area contributed by atoms with Gasteiger partial charge in [-0.15, -0.1) is 17.0 Å². The van der Waals surface area contributed by atoms with Crippen molar-refractivity contribution in [1.29, 1.82) is 0 Å². The summed E-state index contributed by atoms with van der Waals surface area (Å²) in [5, 5.41) is 1.12. The van der Waals surface area contributed by atoms with Crippen LogP contribution in [0.5, 0.6) is 5.75 Å². The first-order valence-corrected chi connectivity index (χ1v) is 9.04. The predicted molar refractivity (Wildman–Crippen MR) is 104 cm³/mol. The molecule has 2 bridgehead atoms. The standard InChI is InChI=1S/C19H18N2OS.BrH/c1-19-10-16(15-8-4-5-9-17(15)22-19)21-11-13-6-2-3-7-14(13)12-23-18(21)20-19;/h2-9,16H,10-12H2,1H3;1H/t16-,19-;/m1./s1. The van der Waals surface area contributed by atoms with E-state index < -0.39 is 5.72 Å². The molecule has 5 rings (SSSR count). The van der Waals surface area contributed by atoms with E-state index in [1.54, 1.807) is 0 Å². The second-order valence-corrected chi connectivity index (χ2v) is 7.56. The monoisotopic (exact) mass is 402 g/mol. The molecule has 0 N–H and O–H groups in total. The van der Waals surface area contributed by atoms with Crippen LogP contribution in [0.4, 0.5) is 0 Å². The highest BCUT2D eigenvalue weighted by Gasteiger charge is 2.45. The smallest absolute Gasteiger partial charge is 0.202 e. The van der Waals surface area contributed by atoms with Crippen LogP contribution in [0.1, 0.15) is 36.1 Å². The van der Waals surface area contributed by atoms with E-state index in [1.807, 2.05) is 17.8 Å². The first-order valence-electron chi connectivity index (χ1n) is 8.06. The number of aliphatic imine (C=N–C) groups is 1. The molecule has 2 atom stereocenters. The number of nitrogens with zero attached hydrogens (tertiary/aromatic N) is 2. The molecule has 0 aromatic heterocycles. The van der Waals surface area contributed by atoms with Gasteiger partial charge in [0.1, 0.15) is 5.75 Å². The maximum absolute atomic E-state index is 6.23. The molecule has 0 amide bonds. The van der Waals surface area contributed by atoms with Crippen LogP contribution in [0.3, 0.4) is 0 Å². The van der Waals surface area contributed by atoms with Crippen molar-refractivity contribution < 1.29 is 4.74 Å². The number of benzene rings is 2. The lowest BCUT2D eigenvalue weighted by atomic mass is 9.91. The maximum atomic E-state index is 6.23. The van der Waals surface area contributed by atoms with Crippen molar-refractivity contribution in [2.75, 3.05) is 0 Å². The summed E-state index contributed by atoms with van der Waals surface area (Å²) >= 11 is 1.84. The van der Waals surface area contributed by atoms with Crippen molar-refractivity contribution in [3.63, 3.8) is 0 Å². The SMILES string of the molecule is Br.C[C@]12C[C@H](c3ccccc3O1)N1Cc3ccccc3CSC1=N2. The summed E-state index contributed by atoms with van der Waals surface area (Å²) in [6, 6.07) is 17.5. The number of amidine groups is 1. The molecular formula is C19H19BrN2OS. The number of thioether (sulfide) groups is 1. The van der Waals surface area contributed by atoms with Gasteiger partial charge in [-0.1, -0.05) is 54.2 Å². The molecule has 24 heavy (non-hydrogen) atoms. The second kappa shape index (κ2) is 5.81. The fourth-order valence-corrected chi connectivity index (χ4v) is 5.00. The van der Waals surface area contributed by atoms with Crippen LogP contribution in [-0.2, 0) is 12.3 Å². The zero-order chi connectivity index (χ0) is 15.4. The van der Waals surface area contributed by atoms with Crippen LogP contribution in [0, 0.1) is 0 Å². The van der Waals surface area contributed by atoms with Gasteiger partial charge in [-0.2, -0.15) is 0 Å². The van der Waals surface area contributed by atoms with Gasteiger partial charge >= 0.3 is 0 Å². The molecule has 3 heterocycles. The molecule has 2 aromatic rings. The number of hydrogen-bond donors (Lipinski definition) is 0. The Morgan fingerprint density at radius 2 is 1.88 bits per heavy atom. The summed E-state index contributed by atoms with van der Waals surface area (Å²) in [5.41, 5.74) is 3.69. The van der Waals surface area contributed by atoms with Crippen LogP contribution in [-0.4, -0.2) is 15.8 Å². The summed E-state index contributed by atoms with van der Waals surface area (Å²) < 4.78 is 6.23. The Morgan fingerprint density at radius 3 is 2.75 bits per heavy atom. The summed E-state index contributed by atoms with van der Waals surface area (Å²) in [6.07, 6.45) is 0.913. The van der Waals surface area contributed by atoms with Gasteiger partial charge in [0.15, 0.2) is 5.17 Å². The summed E-state index contributed by atoms with van der Waals surface area (Å²) in [4.78, 5) is 7.45. The first-order chi connectivity index (χ1) is 11.2. The largest absolute Gasteiger partial charge is 0.466 e. The van der Waals surface area contributed by atoms with E-state index >= 15 is 0 Å². The summed E-state index contributed by atoms with van der Waals surface area (Å²) in [6.45, 7) is 3.04. The van der Waals surface area contributed by atoms with Gasteiger partial charge in [0.25, 0.3) is 0 Å². The van der Waals surface area contributed by atoms with Crippen molar-refractivity contribution in [3.8, 4) is 5.75 Å². The van der Waals surface area contributed by atoms with E-state index in [0.717, 1.165) is 29.6 Å². The molecule has 2 aromatic carbocycles. The molecular weight excluding hydrogens is 384 g/mol. The van der Waals surface area contributed by atoms with Gasteiger partial charge < -0.3 is 9.64 Å². The molecule has 0 aliphatic carbocycles. The topological polar surface area (TPSA) is 24.8 Å². The van der Waals surface area contributed by atoms with Crippen molar-refractivity contribution in [2.24, 2.45) is 4.99 Å². The minimum absolute atomic E-state index is 0. The normalized spacial score (nSPS) is 26.6. The Bertz CT molecular complexity index is 825. The van der Waals surface area contributed by atoms with Gasteiger partial charge in [0.05, 0.1) is 6.04 Å². The molecule has 0 fully saturated rings. The Labute approximate surface area is 156 Å². The Balaban J connectivity index is 0.00000146. The van der Waals surface area contributed by atoms with Crippen molar-refractivity contribution in [2.45, 2.75) is 37.4 Å². The molecule has 0 saturated heterocycles. The van der Waals surface area contributed by atoms with E-state index in [1.165, 1.54) is 16.7 Å². The average molecular weight is 403 g/mol. The van der Waals surface area contributed by atoms with Crippen LogP contribution in [0.15, 0.2) is 53.5 Å². The van der Waals surface area contributed by atoms with Crippen LogP contribution < -0.4 is 4.74 Å². The highest BCUT2D eigenvalue weighted by Crippen LogP contribution is 2.48. The first kappa shape index (κ1) is 16.0. The van der Waals surface area contributed by atoms with Gasteiger partial charge in [-0.25, -0.2) is 4.99 Å². The average Bonchev–Trinajstić information content (AvgIpc) is 2.74. The van der Waals surface area contributed by atoms with Gasteiger partial charge in [-0.05, 0) is 24.1 Å². The molecule has 3 nitrogen and oxygen atoms in total. The van der Waals surface area contributed by atoms with E-state index in [4.69, 9.17) is 9.73 Å². The number of halogens is 1. The lowest BCUT2D eigenvalue weighted by Crippen LogP contribution is -2.49. The van der Waals surface area contributed by atoms with E-state index in [9.17, 15) is 0 Å². The zero-order valence-corrected chi connectivity index (χ0v) is 16.0. The number of hydrogen-bond acceptors (Lipinski definition) is 4. The number of ether oxygens (including phenoxy) is 1. The number of fused-ring (bicyclic) bond motifs is 7. The van der Waals surface area contributed by atoms with Crippen LogP contribution >= 0.6 is 28.7 Å². The molecule has 3 aliphatic rings. The Hall–Kier alpha value is -1.46. The minimum atomic E-state index is -0.436. The Morgan fingerprint density at radius 1 is 1.12 bits per heavy atom. The van der Waals surface area contributed by atoms with Gasteiger partial charge in [0, 0.05) is 24.3 Å². The molecule has 0 spiro atoms. The van der Waals surface area contributed by atoms with E-state index in [2.05, 4.69) is 54.3 Å². The molecule has 3 aliphatic heterocycles. The zero-order valence-electron chi connectivity index (χ0n) is 13.4. The summed E-state index contributed by atoms with van der Waals surface area (Å²) in [7, 11) is 0. The fourth-order valence-electron chi connectivity index (χ4n) is 3.81. The van der Waals surface area contributed by atoms with E-state index in [-0.39, 0.29) is 17.0 Å². The van der Waals surface area contributed by atoms with Crippen molar-refractivity contribution in [1.82, 2.24) is 4.90 Å². The highest BCUT2D eigenvalue weighted by atomic mass is 79.9. The van der Waals surface area contributed by atoms with Gasteiger partial charge in [0.2, 0.25) is 5.72 Å². The number of rotatable bonds is 0. The fraction of sp³-hybridized carbons (Fsp3) is 0.316. The van der Waals surface area contributed by atoms with Crippen LogP contribution in [0.2, 0.25) is 0 Å². The number of para-hydroxylation sites is 1. The van der Waals surface area contributed by atoms with Crippen LogP contribution in [0.25, 0.3) is 0 Å². The third kappa shape index (κ3) is 2.45.